The molecule has 0 saturated carbocycles. The lowest BCUT2D eigenvalue weighted by Gasteiger charge is -2.07. The molecule has 3 heterocycles. The largest absolute Gasteiger partial charge is 0.462 e. The van der Waals surface area contributed by atoms with E-state index in [1.165, 1.54) is 17.7 Å². The molecule has 0 aliphatic carbocycles. The summed E-state index contributed by atoms with van der Waals surface area (Å²) in [5.74, 6) is 0.421. The van der Waals surface area contributed by atoms with Gasteiger partial charge in [0.2, 0.25) is 0 Å². The average molecular weight is 345 g/mol. The van der Waals surface area contributed by atoms with Gasteiger partial charge in [-0.3, -0.25) is 4.68 Å². The van der Waals surface area contributed by atoms with E-state index in [4.69, 9.17) is 4.74 Å². The third-order valence-corrected chi connectivity index (χ3v) is 4.76. The number of carbonyl (C=O) groups is 1. The SMILES string of the molecule is CCOC(=O)c1sc2ncnc(NCCn3cc(C)cn3)c2c1C. The quantitative estimate of drug-likeness (QED) is 0.692. The highest BCUT2D eigenvalue weighted by molar-refractivity contribution is 7.20. The minimum atomic E-state index is -0.309. The molecule has 126 valence electrons. The molecule has 0 saturated heterocycles. The highest BCUT2D eigenvalue weighted by atomic mass is 32.1. The molecule has 0 unspecified atom stereocenters. The van der Waals surface area contributed by atoms with Gasteiger partial charge in [0.1, 0.15) is 21.9 Å². The number of rotatable bonds is 6. The number of fused-ring (bicyclic) bond motifs is 1. The van der Waals surface area contributed by atoms with Crippen LogP contribution in [0.15, 0.2) is 18.7 Å². The number of aryl methyl sites for hydroxylation is 2. The molecular weight excluding hydrogens is 326 g/mol. The summed E-state index contributed by atoms with van der Waals surface area (Å²) < 4.78 is 6.99. The molecule has 7 nitrogen and oxygen atoms in total. The summed E-state index contributed by atoms with van der Waals surface area (Å²) in [7, 11) is 0. The molecule has 0 radical (unpaired) electrons. The first kappa shape index (κ1) is 16.4. The minimum Gasteiger partial charge on any atom is -0.462 e. The normalized spacial score (nSPS) is 11.0. The average Bonchev–Trinajstić information content (AvgIpc) is 3.12. The van der Waals surface area contributed by atoms with Crippen LogP contribution < -0.4 is 5.32 Å². The van der Waals surface area contributed by atoms with Crippen LogP contribution in [0.3, 0.4) is 0 Å². The van der Waals surface area contributed by atoms with Crippen molar-refractivity contribution in [1.29, 1.82) is 0 Å². The van der Waals surface area contributed by atoms with Gasteiger partial charge in [0.05, 0.1) is 24.7 Å². The molecule has 0 amide bonds. The number of anilines is 1. The molecule has 8 heteroatoms. The van der Waals surface area contributed by atoms with Crippen LogP contribution in [-0.2, 0) is 11.3 Å². The summed E-state index contributed by atoms with van der Waals surface area (Å²) in [5, 5.41) is 8.45. The second kappa shape index (κ2) is 6.96. The third-order valence-electron chi connectivity index (χ3n) is 3.58. The van der Waals surface area contributed by atoms with Crippen LogP contribution in [0.1, 0.15) is 27.7 Å². The highest BCUT2D eigenvalue weighted by Crippen LogP contribution is 2.33. The van der Waals surface area contributed by atoms with Crippen molar-refractivity contribution in [1.82, 2.24) is 19.7 Å². The van der Waals surface area contributed by atoms with Crippen molar-refractivity contribution in [3.05, 3.63) is 34.7 Å². The second-order valence-electron chi connectivity index (χ2n) is 5.39. The molecule has 0 aromatic carbocycles. The molecule has 3 aromatic heterocycles. The van der Waals surface area contributed by atoms with Crippen molar-refractivity contribution in [2.45, 2.75) is 27.3 Å². The van der Waals surface area contributed by atoms with E-state index < -0.39 is 0 Å². The fourth-order valence-electron chi connectivity index (χ4n) is 2.48. The second-order valence-corrected chi connectivity index (χ2v) is 6.39. The standard InChI is InChI=1S/C16H19N5O2S/c1-4-23-16(22)13-11(3)12-14(18-9-19-15(12)24-13)17-5-6-21-8-10(2)7-20-21/h7-9H,4-6H2,1-3H3,(H,17,18,19). The summed E-state index contributed by atoms with van der Waals surface area (Å²) >= 11 is 1.34. The van der Waals surface area contributed by atoms with Gasteiger partial charge in [-0.25, -0.2) is 14.8 Å². The Morgan fingerprint density at radius 2 is 2.21 bits per heavy atom. The van der Waals surface area contributed by atoms with Gasteiger partial charge in [0, 0.05) is 12.7 Å². The molecule has 3 rings (SSSR count). The van der Waals surface area contributed by atoms with Crippen molar-refractivity contribution in [2.24, 2.45) is 0 Å². The van der Waals surface area contributed by atoms with Crippen LogP contribution in [0.25, 0.3) is 10.2 Å². The van der Waals surface area contributed by atoms with E-state index in [-0.39, 0.29) is 5.97 Å². The Morgan fingerprint density at radius 1 is 1.38 bits per heavy atom. The van der Waals surface area contributed by atoms with Crippen molar-refractivity contribution < 1.29 is 9.53 Å². The summed E-state index contributed by atoms with van der Waals surface area (Å²) in [6, 6.07) is 0. The van der Waals surface area contributed by atoms with Gasteiger partial charge in [0.15, 0.2) is 0 Å². The van der Waals surface area contributed by atoms with Crippen LogP contribution >= 0.6 is 11.3 Å². The van der Waals surface area contributed by atoms with Crippen LogP contribution in [0.2, 0.25) is 0 Å². The van der Waals surface area contributed by atoms with E-state index in [2.05, 4.69) is 20.4 Å². The Balaban J connectivity index is 1.81. The Kier molecular flexibility index (Phi) is 4.75. The fraction of sp³-hybridized carbons (Fsp3) is 0.375. The Bertz CT molecular complexity index is 871. The van der Waals surface area contributed by atoms with E-state index in [1.807, 2.05) is 30.9 Å². The number of carbonyl (C=O) groups excluding carboxylic acids is 1. The van der Waals surface area contributed by atoms with Crippen molar-refractivity contribution in [3.63, 3.8) is 0 Å². The van der Waals surface area contributed by atoms with Crippen LogP contribution in [0.5, 0.6) is 0 Å². The number of thiophene rings is 1. The van der Waals surface area contributed by atoms with Gasteiger partial charge in [-0.05, 0) is 31.9 Å². The Morgan fingerprint density at radius 3 is 2.92 bits per heavy atom. The first-order valence-corrected chi connectivity index (χ1v) is 8.56. The summed E-state index contributed by atoms with van der Waals surface area (Å²) in [6.07, 6.45) is 5.33. The lowest BCUT2D eigenvalue weighted by molar-refractivity contribution is 0.0531. The van der Waals surface area contributed by atoms with Gasteiger partial charge in [-0.2, -0.15) is 5.10 Å². The molecule has 0 bridgehead atoms. The van der Waals surface area contributed by atoms with Gasteiger partial charge >= 0.3 is 5.97 Å². The number of nitrogens with one attached hydrogen (secondary N) is 1. The molecule has 0 aliphatic rings. The fourth-order valence-corrected chi connectivity index (χ4v) is 3.52. The zero-order valence-electron chi connectivity index (χ0n) is 13.9. The van der Waals surface area contributed by atoms with E-state index >= 15 is 0 Å². The van der Waals surface area contributed by atoms with Crippen molar-refractivity contribution >= 4 is 33.3 Å². The zero-order chi connectivity index (χ0) is 17.1. The Labute approximate surface area is 143 Å². The zero-order valence-corrected chi connectivity index (χ0v) is 14.7. The predicted octanol–water partition coefficient (Wildman–Crippen LogP) is 2.79. The summed E-state index contributed by atoms with van der Waals surface area (Å²) in [6.45, 7) is 7.47. The third kappa shape index (κ3) is 3.23. The maximum atomic E-state index is 12.1. The number of aromatic nitrogens is 4. The van der Waals surface area contributed by atoms with E-state index in [0.717, 1.165) is 33.7 Å². The van der Waals surface area contributed by atoms with Gasteiger partial charge in [0.25, 0.3) is 0 Å². The number of hydrogen-bond donors (Lipinski definition) is 1. The molecule has 0 aliphatic heterocycles. The molecule has 0 spiro atoms. The number of hydrogen-bond acceptors (Lipinski definition) is 7. The van der Waals surface area contributed by atoms with Crippen LogP contribution in [-0.4, -0.2) is 38.9 Å². The molecule has 3 aromatic rings. The predicted molar refractivity (Wildman–Crippen MR) is 93.6 cm³/mol. The topological polar surface area (TPSA) is 81.9 Å². The lowest BCUT2D eigenvalue weighted by atomic mass is 10.2. The molecule has 0 fully saturated rings. The van der Waals surface area contributed by atoms with Crippen LogP contribution in [0, 0.1) is 13.8 Å². The smallest absolute Gasteiger partial charge is 0.348 e. The first-order valence-electron chi connectivity index (χ1n) is 7.74. The monoisotopic (exact) mass is 345 g/mol. The number of esters is 1. The highest BCUT2D eigenvalue weighted by Gasteiger charge is 2.19. The molecular formula is C16H19N5O2S. The van der Waals surface area contributed by atoms with Crippen LogP contribution in [0.4, 0.5) is 5.82 Å². The van der Waals surface area contributed by atoms with E-state index in [9.17, 15) is 4.79 Å². The lowest BCUT2D eigenvalue weighted by Crippen LogP contribution is -2.12. The maximum Gasteiger partial charge on any atom is 0.348 e. The number of nitrogens with zero attached hydrogens (tertiary/aromatic N) is 4. The summed E-state index contributed by atoms with van der Waals surface area (Å²) in [5.41, 5.74) is 1.98. The minimum absolute atomic E-state index is 0.309. The molecule has 1 N–H and O–H groups in total. The summed E-state index contributed by atoms with van der Waals surface area (Å²) in [4.78, 5) is 22.0. The van der Waals surface area contributed by atoms with Gasteiger partial charge in [-0.1, -0.05) is 0 Å². The molecule has 24 heavy (non-hydrogen) atoms. The van der Waals surface area contributed by atoms with Gasteiger partial charge in [-0.15, -0.1) is 11.3 Å². The van der Waals surface area contributed by atoms with Gasteiger partial charge < -0.3 is 10.1 Å². The van der Waals surface area contributed by atoms with Crippen molar-refractivity contribution in [2.75, 3.05) is 18.5 Å². The van der Waals surface area contributed by atoms with E-state index in [1.54, 1.807) is 6.92 Å². The Hall–Kier alpha value is -2.48. The maximum absolute atomic E-state index is 12.1. The van der Waals surface area contributed by atoms with E-state index in [0.29, 0.717) is 18.0 Å². The number of ether oxygens (including phenoxy) is 1. The first-order chi connectivity index (χ1) is 11.6. The molecule has 0 atom stereocenters. The van der Waals surface area contributed by atoms with Crippen molar-refractivity contribution in [3.8, 4) is 0 Å².